The van der Waals surface area contributed by atoms with E-state index in [0.29, 0.717) is 22.7 Å². The normalized spacial score (nSPS) is 12.9. The molecule has 2 rings (SSSR count). The van der Waals surface area contributed by atoms with Gasteiger partial charge in [0.15, 0.2) is 0 Å². The van der Waals surface area contributed by atoms with Gasteiger partial charge in [-0.05, 0) is 49.7 Å². The van der Waals surface area contributed by atoms with E-state index in [1.807, 2.05) is 6.92 Å². The van der Waals surface area contributed by atoms with E-state index in [4.69, 9.17) is 16.3 Å². The molecule has 0 aliphatic rings. The number of hydrogen-bond donors (Lipinski definition) is 1. The molecule has 0 radical (unpaired) electrons. The standard InChI is InChI=1S/C20H22ClF3N2O4S/c1-4-30-16-8-5-14(6-9-16)13(2)25-19(27)12-26(31(3,28)29)15-7-10-18(21)17(11-15)20(22,23)24/h5-11,13H,4,12H2,1-3H3,(H,25,27)/t13-/m0/s1. The highest BCUT2D eigenvalue weighted by atomic mass is 35.5. The lowest BCUT2D eigenvalue weighted by Gasteiger charge is -2.24. The molecule has 31 heavy (non-hydrogen) atoms. The summed E-state index contributed by atoms with van der Waals surface area (Å²) in [7, 11) is -4.05. The van der Waals surface area contributed by atoms with Crippen LogP contribution in [0.25, 0.3) is 0 Å². The lowest BCUT2D eigenvalue weighted by atomic mass is 10.1. The van der Waals surface area contributed by atoms with E-state index in [9.17, 15) is 26.4 Å². The second kappa shape index (κ2) is 9.78. The molecule has 11 heteroatoms. The number of alkyl halides is 3. The molecule has 0 spiro atoms. The number of nitrogens with one attached hydrogen (secondary N) is 1. The highest BCUT2D eigenvalue weighted by Crippen LogP contribution is 2.37. The molecule has 0 saturated carbocycles. The lowest BCUT2D eigenvalue weighted by molar-refractivity contribution is -0.137. The van der Waals surface area contributed by atoms with E-state index < -0.39 is 45.3 Å². The molecule has 170 valence electrons. The van der Waals surface area contributed by atoms with Crippen LogP contribution in [0, 0.1) is 0 Å². The van der Waals surface area contributed by atoms with Crippen LogP contribution in [0.1, 0.15) is 31.0 Å². The number of halogens is 4. The second-order valence-electron chi connectivity index (χ2n) is 6.72. The van der Waals surface area contributed by atoms with Crippen LogP contribution >= 0.6 is 11.6 Å². The van der Waals surface area contributed by atoms with Crippen molar-refractivity contribution < 1.29 is 31.1 Å². The summed E-state index contributed by atoms with van der Waals surface area (Å²) in [5, 5.41) is 2.07. The van der Waals surface area contributed by atoms with E-state index in [1.54, 1.807) is 31.2 Å². The fourth-order valence-electron chi connectivity index (χ4n) is 2.81. The summed E-state index contributed by atoms with van der Waals surface area (Å²) in [6, 6.07) is 9.15. The third-order valence-electron chi connectivity index (χ3n) is 4.30. The van der Waals surface area contributed by atoms with Gasteiger partial charge in [0.2, 0.25) is 15.9 Å². The van der Waals surface area contributed by atoms with Crippen molar-refractivity contribution in [3.8, 4) is 5.75 Å². The summed E-state index contributed by atoms with van der Waals surface area (Å²) in [5.41, 5.74) is -0.764. The maximum atomic E-state index is 13.1. The topological polar surface area (TPSA) is 75.7 Å². The van der Waals surface area contributed by atoms with Gasteiger partial charge in [0, 0.05) is 0 Å². The number of carbonyl (C=O) groups excluding carboxylic acids is 1. The number of hydrogen-bond acceptors (Lipinski definition) is 4. The van der Waals surface area contributed by atoms with Gasteiger partial charge in [0.05, 0.1) is 35.2 Å². The maximum absolute atomic E-state index is 13.1. The van der Waals surface area contributed by atoms with Crippen LogP contribution in [0.3, 0.4) is 0 Å². The van der Waals surface area contributed by atoms with Crippen LogP contribution in [0.5, 0.6) is 5.75 Å². The molecule has 1 atom stereocenters. The van der Waals surface area contributed by atoms with Crippen LogP contribution in [0.2, 0.25) is 5.02 Å². The molecular formula is C20H22ClF3N2O4S. The molecule has 6 nitrogen and oxygen atoms in total. The molecule has 2 aromatic carbocycles. The Labute approximate surface area is 184 Å². The van der Waals surface area contributed by atoms with E-state index in [0.717, 1.165) is 24.0 Å². The Kier molecular flexibility index (Phi) is 7.82. The Morgan fingerprint density at radius 3 is 2.32 bits per heavy atom. The Bertz CT molecular complexity index is 1030. The molecule has 0 aliphatic heterocycles. The monoisotopic (exact) mass is 478 g/mol. The van der Waals surface area contributed by atoms with Crippen molar-refractivity contribution in [3.05, 3.63) is 58.6 Å². The summed E-state index contributed by atoms with van der Waals surface area (Å²) < 4.78 is 69.8. The first kappa shape index (κ1) is 24.8. The zero-order valence-corrected chi connectivity index (χ0v) is 18.6. The summed E-state index contributed by atoms with van der Waals surface area (Å²) >= 11 is 5.60. The summed E-state index contributed by atoms with van der Waals surface area (Å²) in [6.07, 6.45) is -3.97. The van der Waals surface area contributed by atoms with Crippen LogP contribution < -0.4 is 14.4 Å². The Morgan fingerprint density at radius 2 is 1.81 bits per heavy atom. The van der Waals surface area contributed by atoms with Gasteiger partial charge in [0.1, 0.15) is 12.3 Å². The van der Waals surface area contributed by atoms with Crippen LogP contribution in [-0.4, -0.2) is 33.7 Å². The fourth-order valence-corrected chi connectivity index (χ4v) is 3.88. The van der Waals surface area contributed by atoms with Gasteiger partial charge in [-0.25, -0.2) is 8.42 Å². The number of sulfonamides is 1. The Balaban J connectivity index is 2.21. The van der Waals surface area contributed by atoms with Gasteiger partial charge in [-0.1, -0.05) is 23.7 Å². The number of benzene rings is 2. The number of anilines is 1. The van der Waals surface area contributed by atoms with Crippen LogP contribution in [-0.2, 0) is 21.0 Å². The van der Waals surface area contributed by atoms with Crippen molar-refractivity contribution in [2.24, 2.45) is 0 Å². The number of amides is 1. The van der Waals surface area contributed by atoms with Crippen molar-refractivity contribution in [2.45, 2.75) is 26.1 Å². The summed E-state index contributed by atoms with van der Waals surface area (Å²) in [4.78, 5) is 12.5. The van der Waals surface area contributed by atoms with Crippen molar-refractivity contribution in [1.29, 1.82) is 0 Å². The minimum Gasteiger partial charge on any atom is -0.494 e. The van der Waals surface area contributed by atoms with Gasteiger partial charge in [0.25, 0.3) is 0 Å². The lowest BCUT2D eigenvalue weighted by Crippen LogP contribution is -2.41. The zero-order chi connectivity index (χ0) is 23.4. The molecule has 0 saturated heterocycles. The first-order valence-corrected chi connectivity index (χ1v) is 11.4. The molecular weight excluding hydrogens is 457 g/mol. The molecule has 0 unspecified atom stereocenters. The van der Waals surface area contributed by atoms with E-state index in [2.05, 4.69) is 5.32 Å². The van der Waals surface area contributed by atoms with Gasteiger partial charge in [-0.2, -0.15) is 13.2 Å². The SMILES string of the molecule is CCOc1ccc([C@H](C)NC(=O)CN(c2ccc(Cl)c(C(F)(F)F)c2)S(C)(=O)=O)cc1. The predicted octanol–water partition coefficient (Wildman–Crippen LogP) is 4.40. The molecule has 0 aliphatic carbocycles. The minimum atomic E-state index is -4.78. The van der Waals surface area contributed by atoms with Gasteiger partial charge in [-0.3, -0.25) is 9.10 Å². The quantitative estimate of drug-likeness (QED) is 0.610. The largest absolute Gasteiger partial charge is 0.494 e. The Morgan fingerprint density at radius 1 is 1.19 bits per heavy atom. The number of ether oxygens (including phenoxy) is 1. The third kappa shape index (κ3) is 6.76. The molecule has 0 aromatic heterocycles. The van der Waals surface area contributed by atoms with Crippen molar-refractivity contribution in [2.75, 3.05) is 23.7 Å². The third-order valence-corrected chi connectivity index (χ3v) is 5.77. The predicted molar refractivity (Wildman–Crippen MR) is 113 cm³/mol. The molecule has 0 fully saturated rings. The summed E-state index contributed by atoms with van der Waals surface area (Å²) in [6.45, 7) is 3.36. The average Bonchev–Trinajstić information content (AvgIpc) is 2.66. The van der Waals surface area contributed by atoms with Crippen molar-refractivity contribution >= 4 is 33.2 Å². The second-order valence-corrected chi connectivity index (χ2v) is 9.04. The number of carbonyl (C=O) groups is 1. The Hall–Kier alpha value is -2.46. The molecule has 0 bridgehead atoms. The van der Waals surface area contributed by atoms with E-state index in [1.165, 1.54) is 0 Å². The summed E-state index contributed by atoms with van der Waals surface area (Å²) in [5.74, 6) is -0.0217. The smallest absolute Gasteiger partial charge is 0.417 e. The highest BCUT2D eigenvalue weighted by molar-refractivity contribution is 7.92. The highest BCUT2D eigenvalue weighted by Gasteiger charge is 2.34. The zero-order valence-electron chi connectivity index (χ0n) is 17.0. The number of rotatable bonds is 8. The van der Waals surface area contributed by atoms with E-state index in [-0.39, 0.29) is 5.69 Å². The molecule has 2 aromatic rings. The maximum Gasteiger partial charge on any atom is 0.417 e. The molecule has 0 heterocycles. The average molecular weight is 479 g/mol. The van der Waals surface area contributed by atoms with Crippen molar-refractivity contribution in [1.82, 2.24) is 5.32 Å². The first-order valence-electron chi connectivity index (χ1n) is 9.19. The van der Waals surface area contributed by atoms with Crippen molar-refractivity contribution in [3.63, 3.8) is 0 Å². The van der Waals surface area contributed by atoms with Gasteiger partial charge in [-0.15, -0.1) is 0 Å². The van der Waals surface area contributed by atoms with Crippen LogP contribution in [0.4, 0.5) is 18.9 Å². The number of nitrogens with zero attached hydrogens (tertiary/aromatic N) is 1. The van der Waals surface area contributed by atoms with Gasteiger partial charge < -0.3 is 10.1 Å². The molecule has 1 N–H and O–H groups in total. The fraction of sp³-hybridized carbons (Fsp3) is 0.350. The minimum absolute atomic E-state index is 0.317. The van der Waals surface area contributed by atoms with Crippen LogP contribution in [0.15, 0.2) is 42.5 Å². The first-order chi connectivity index (χ1) is 14.3. The molecule has 1 amide bonds. The van der Waals surface area contributed by atoms with Gasteiger partial charge >= 0.3 is 6.18 Å². The van der Waals surface area contributed by atoms with E-state index >= 15 is 0 Å².